The van der Waals surface area contributed by atoms with Crippen LogP contribution in [0, 0.1) is 5.92 Å². The Labute approximate surface area is 116 Å². The van der Waals surface area contributed by atoms with Crippen molar-refractivity contribution in [2.75, 3.05) is 13.2 Å². The van der Waals surface area contributed by atoms with Crippen molar-refractivity contribution in [2.45, 2.75) is 59.7 Å². The van der Waals surface area contributed by atoms with Crippen molar-refractivity contribution in [3.63, 3.8) is 0 Å². The molecule has 0 saturated carbocycles. The van der Waals surface area contributed by atoms with E-state index in [1.165, 1.54) is 0 Å². The monoisotopic (exact) mass is 268 g/mol. The first kappa shape index (κ1) is 16.1. The molecule has 110 valence electrons. The average Bonchev–Trinajstić information content (AvgIpc) is 2.76. The van der Waals surface area contributed by atoms with Crippen molar-refractivity contribution in [1.82, 2.24) is 20.3 Å². The summed E-state index contributed by atoms with van der Waals surface area (Å²) in [5.41, 5.74) is 0.990. The Morgan fingerprint density at radius 1 is 1.37 bits per heavy atom. The van der Waals surface area contributed by atoms with Gasteiger partial charge < -0.3 is 10.1 Å². The predicted octanol–water partition coefficient (Wildman–Crippen LogP) is 2.23. The second-order valence-corrected chi connectivity index (χ2v) is 5.46. The molecule has 0 bridgehead atoms. The summed E-state index contributed by atoms with van der Waals surface area (Å²) in [6.07, 6.45) is 4.53. The normalized spacial score (nSPS) is 13.1. The smallest absolute Gasteiger partial charge is 0.0964 e. The van der Waals surface area contributed by atoms with E-state index in [0.29, 0.717) is 18.6 Å². The number of nitrogens with one attached hydrogen (secondary N) is 1. The number of nitrogens with zero attached hydrogens (tertiary/aromatic N) is 3. The fraction of sp³-hybridized carbons (Fsp3) is 0.857. The molecule has 5 heteroatoms. The summed E-state index contributed by atoms with van der Waals surface area (Å²) in [6, 6.07) is 0. The highest BCUT2D eigenvalue weighted by atomic mass is 16.5. The largest absolute Gasteiger partial charge is 0.377 e. The van der Waals surface area contributed by atoms with Crippen LogP contribution < -0.4 is 5.32 Å². The minimum Gasteiger partial charge on any atom is -0.377 e. The highest BCUT2D eigenvalue weighted by Crippen LogP contribution is 2.07. The molecule has 5 nitrogen and oxygen atoms in total. The Hall–Kier alpha value is -0.940. The number of rotatable bonds is 10. The van der Waals surface area contributed by atoms with Crippen molar-refractivity contribution < 1.29 is 4.74 Å². The van der Waals surface area contributed by atoms with Gasteiger partial charge in [-0.05, 0) is 32.2 Å². The van der Waals surface area contributed by atoms with Crippen LogP contribution in [0.3, 0.4) is 0 Å². The van der Waals surface area contributed by atoms with Gasteiger partial charge in [0.05, 0.1) is 24.9 Å². The zero-order valence-electron chi connectivity index (χ0n) is 12.7. The molecule has 1 N–H and O–H groups in total. The molecule has 1 unspecified atom stereocenters. The van der Waals surface area contributed by atoms with Crippen LogP contribution in [0.25, 0.3) is 0 Å². The van der Waals surface area contributed by atoms with E-state index < -0.39 is 0 Å². The van der Waals surface area contributed by atoms with E-state index in [9.17, 15) is 0 Å². The lowest BCUT2D eigenvalue weighted by molar-refractivity contribution is 0.0452. The minimum absolute atomic E-state index is 0.314. The predicted molar refractivity (Wildman–Crippen MR) is 76.9 cm³/mol. The van der Waals surface area contributed by atoms with Crippen LogP contribution in [0.5, 0.6) is 0 Å². The van der Waals surface area contributed by atoms with Crippen molar-refractivity contribution in [3.8, 4) is 0 Å². The Kier molecular flexibility index (Phi) is 7.67. The maximum Gasteiger partial charge on any atom is 0.0964 e. The summed E-state index contributed by atoms with van der Waals surface area (Å²) < 4.78 is 7.61. The molecule has 1 atom stereocenters. The first-order valence-corrected chi connectivity index (χ1v) is 7.33. The molecule has 0 aliphatic heterocycles. The van der Waals surface area contributed by atoms with E-state index in [0.717, 1.165) is 38.2 Å². The summed E-state index contributed by atoms with van der Waals surface area (Å²) in [5.74, 6) is 0.678. The van der Waals surface area contributed by atoms with Crippen molar-refractivity contribution in [1.29, 1.82) is 0 Å². The van der Waals surface area contributed by atoms with Gasteiger partial charge >= 0.3 is 0 Å². The Balaban J connectivity index is 2.19. The quantitative estimate of drug-likeness (QED) is 0.661. The molecule has 0 aliphatic carbocycles. The standard InChI is InChI=1S/C14H28N4O/c1-5-6-15-10-14-11-18(17-16-14)7-8-19-13(4)9-12(2)3/h11-13,15H,5-10H2,1-4H3. The molecule has 0 aliphatic rings. The van der Waals surface area contributed by atoms with Crippen LogP contribution in [0.15, 0.2) is 6.20 Å². The van der Waals surface area contributed by atoms with Gasteiger partial charge in [-0.15, -0.1) is 5.10 Å². The molecule has 0 fully saturated rings. The third kappa shape index (κ3) is 7.28. The molecule has 0 spiro atoms. The average molecular weight is 268 g/mol. The van der Waals surface area contributed by atoms with Crippen molar-refractivity contribution >= 4 is 0 Å². The summed E-state index contributed by atoms with van der Waals surface area (Å²) in [5, 5.41) is 11.5. The topological polar surface area (TPSA) is 52.0 Å². The van der Waals surface area contributed by atoms with Crippen molar-refractivity contribution in [2.24, 2.45) is 5.92 Å². The fourth-order valence-electron chi connectivity index (χ4n) is 2.00. The highest BCUT2D eigenvalue weighted by Gasteiger charge is 2.05. The Morgan fingerprint density at radius 3 is 2.84 bits per heavy atom. The van der Waals surface area contributed by atoms with Gasteiger partial charge in [-0.25, -0.2) is 4.68 Å². The van der Waals surface area contributed by atoms with Gasteiger partial charge in [0.25, 0.3) is 0 Å². The van der Waals surface area contributed by atoms with Crippen LogP contribution in [0.4, 0.5) is 0 Å². The summed E-state index contributed by atoms with van der Waals surface area (Å²) in [6.45, 7) is 12.0. The lowest BCUT2D eigenvalue weighted by Gasteiger charge is -2.14. The zero-order chi connectivity index (χ0) is 14.1. The van der Waals surface area contributed by atoms with Crippen LogP contribution in [-0.4, -0.2) is 34.2 Å². The van der Waals surface area contributed by atoms with Gasteiger partial charge in [0, 0.05) is 12.7 Å². The SMILES string of the molecule is CCCNCc1cn(CCOC(C)CC(C)C)nn1. The molecular weight excluding hydrogens is 240 g/mol. The Morgan fingerprint density at radius 2 is 2.16 bits per heavy atom. The minimum atomic E-state index is 0.314. The van der Waals surface area contributed by atoms with Gasteiger partial charge in [-0.1, -0.05) is 26.0 Å². The van der Waals surface area contributed by atoms with E-state index >= 15 is 0 Å². The second kappa shape index (κ2) is 9.04. The van der Waals surface area contributed by atoms with Crippen LogP contribution in [0.2, 0.25) is 0 Å². The maximum absolute atomic E-state index is 5.76. The molecule has 1 heterocycles. The maximum atomic E-state index is 5.76. The number of hydrogen-bond donors (Lipinski definition) is 1. The highest BCUT2D eigenvalue weighted by molar-refractivity contribution is 4.91. The van der Waals surface area contributed by atoms with Gasteiger partial charge in [0.1, 0.15) is 0 Å². The third-order valence-corrected chi connectivity index (χ3v) is 2.85. The molecule has 0 saturated heterocycles. The number of hydrogen-bond acceptors (Lipinski definition) is 4. The molecular formula is C14H28N4O. The van der Waals surface area contributed by atoms with E-state index in [2.05, 4.69) is 43.3 Å². The number of ether oxygens (including phenoxy) is 1. The van der Waals surface area contributed by atoms with Gasteiger partial charge in [0.2, 0.25) is 0 Å². The number of aromatic nitrogens is 3. The zero-order valence-corrected chi connectivity index (χ0v) is 12.7. The molecule has 0 radical (unpaired) electrons. The van der Waals surface area contributed by atoms with Gasteiger partial charge in [-0.2, -0.15) is 0 Å². The summed E-state index contributed by atoms with van der Waals surface area (Å²) in [4.78, 5) is 0. The molecule has 1 aromatic heterocycles. The van der Waals surface area contributed by atoms with E-state index in [1.807, 2.05) is 10.9 Å². The van der Waals surface area contributed by atoms with E-state index in [1.54, 1.807) is 0 Å². The summed E-state index contributed by atoms with van der Waals surface area (Å²) >= 11 is 0. The molecule has 0 amide bonds. The molecule has 1 rings (SSSR count). The molecule has 0 aromatic carbocycles. The van der Waals surface area contributed by atoms with Gasteiger partial charge in [0.15, 0.2) is 0 Å². The Bertz CT molecular complexity index is 338. The summed E-state index contributed by atoms with van der Waals surface area (Å²) in [7, 11) is 0. The second-order valence-electron chi connectivity index (χ2n) is 5.46. The van der Waals surface area contributed by atoms with Crippen LogP contribution >= 0.6 is 0 Å². The molecule has 19 heavy (non-hydrogen) atoms. The third-order valence-electron chi connectivity index (χ3n) is 2.85. The van der Waals surface area contributed by atoms with E-state index in [4.69, 9.17) is 4.74 Å². The van der Waals surface area contributed by atoms with Crippen LogP contribution in [0.1, 0.15) is 46.2 Å². The molecule has 1 aromatic rings. The van der Waals surface area contributed by atoms with Crippen molar-refractivity contribution in [3.05, 3.63) is 11.9 Å². The lowest BCUT2D eigenvalue weighted by Crippen LogP contribution is -2.15. The van der Waals surface area contributed by atoms with E-state index in [-0.39, 0.29) is 0 Å². The van der Waals surface area contributed by atoms with Crippen LogP contribution in [-0.2, 0) is 17.8 Å². The first-order valence-electron chi connectivity index (χ1n) is 7.33. The lowest BCUT2D eigenvalue weighted by atomic mass is 10.1. The fourth-order valence-corrected chi connectivity index (χ4v) is 2.00. The van der Waals surface area contributed by atoms with Gasteiger partial charge in [-0.3, -0.25) is 0 Å². The first-order chi connectivity index (χ1) is 9.11.